The summed E-state index contributed by atoms with van der Waals surface area (Å²) in [6.07, 6.45) is 2.26. The standard InChI is InChI=1S/C10H13N3O2S/c14-9(15)6-7-5-8(12-10(16)11-7)13-3-1-2-4-13/h5H,1-4,6H2,(H,14,15)(H,11,12,16). The van der Waals surface area contributed by atoms with Crippen LogP contribution in [0.25, 0.3) is 0 Å². The molecule has 1 aromatic rings. The summed E-state index contributed by atoms with van der Waals surface area (Å²) in [5.41, 5.74) is 0.606. The number of aliphatic carboxylic acids is 1. The Morgan fingerprint density at radius 2 is 2.25 bits per heavy atom. The van der Waals surface area contributed by atoms with E-state index in [1.54, 1.807) is 6.07 Å². The number of rotatable bonds is 3. The molecule has 0 spiro atoms. The molecule has 1 aliphatic heterocycles. The van der Waals surface area contributed by atoms with E-state index in [1.165, 1.54) is 0 Å². The fourth-order valence-electron chi connectivity index (χ4n) is 1.86. The van der Waals surface area contributed by atoms with Gasteiger partial charge in [-0.05, 0) is 25.1 Å². The van der Waals surface area contributed by atoms with Crippen LogP contribution in [0, 0.1) is 4.77 Å². The van der Waals surface area contributed by atoms with Crippen molar-refractivity contribution in [2.75, 3.05) is 18.0 Å². The van der Waals surface area contributed by atoms with E-state index < -0.39 is 5.97 Å². The number of hydrogen-bond acceptors (Lipinski definition) is 4. The molecule has 0 bridgehead atoms. The van der Waals surface area contributed by atoms with E-state index in [9.17, 15) is 4.79 Å². The maximum Gasteiger partial charge on any atom is 0.309 e. The molecule has 5 nitrogen and oxygen atoms in total. The van der Waals surface area contributed by atoms with Crippen molar-refractivity contribution in [1.82, 2.24) is 9.97 Å². The van der Waals surface area contributed by atoms with Gasteiger partial charge in [0.05, 0.1) is 6.42 Å². The molecule has 2 N–H and O–H groups in total. The first-order valence-electron chi connectivity index (χ1n) is 5.22. The normalized spacial score (nSPS) is 15.4. The third-order valence-corrected chi connectivity index (χ3v) is 2.75. The summed E-state index contributed by atoms with van der Waals surface area (Å²) < 4.78 is 0.348. The number of nitrogens with zero attached hydrogens (tertiary/aromatic N) is 2. The Hall–Kier alpha value is -1.43. The zero-order valence-corrected chi connectivity index (χ0v) is 9.59. The number of carboxylic acid groups (broad SMARTS) is 1. The van der Waals surface area contributed by atoms with Gasteiger partial charge in [-0.2, -0.15) is 0 Å². The Bertz CT molecular complexity index is 452. The number of carbonyl (C=O) groups is 1. The Morgan fingerprint density at radius 1 is 1.56 bits per heavy atom. The average Bonchev–Trinajstić information content (AvgIpc) is 2.67. The van der Waals surface area contributed by atoms with Crippen LogP contribution in [0.15, 0.2) is 6.07 Å². The lowest BCUT2D eigenvalue weighted by Crippen LogP contribution is -2.20. The molecule has 16 heavy (non-hydrogen) atoms. The molecule has 1 aromatic heterocycles. The minimum atomic E-state index is -0.871. The summed E-state index contributed by atoms with van der Waals surface area (Å²) in [7, 11) is 0. The minimum Gasteiger partial charge on any atom is -0.481 e. The lowest BCUT2D eigenvalue weighted by molar-refractivity contribution is -0.136. The first kappa shape index (κ1) is 11.1. The van der Waals surface area contributed by atoms with E-state index in [2.05, 4.69) is 14.9 Å². The molecule has 0 saturated carbocycles. The number of nitrogens with one attached hydrogen (secondary N) is 1. The van der Waals surface area contributed by atoms with Crippen LogP contribution in [0.3, 0.4) is 0 Å². The molecule has 2 heterocycles. The molecule has 0 radical (unpaired) electrons. The highest BCUT2D eigenvalue weighted by Crippen LogP contribution is 2.18. The zero-order chi connectivity index (χ0) is 11.5. The molecule has 1 fully saturated rings. The number of H-pyrrole nitrogens is 1. The van der Waals surface area contributed by atoms with Crippen molar-refractivity contribution in [2.45, 2.75) is 19.3 Å². The average molecular weight is 239 g/mol. The SMILES string of the molecule is O=C(O)Cc1cc(N2CCCC2)nc(=S)[nH]1. The number of carboxylic acids is 1. The van der Waals surface area contributed by atoms with E-state index >= 15 is 0 Å². The number of aromatic amines is 1. The summed E-state index contributed by atoms with van der Waals surface area (Å²) in [4.78, 5) is 19.8. The van der Waals surface area contributed by atoms with Crippen LogP contribution < -0.4 is 4.90 Å². The predicted octanol–water partition coefficient (Wildman–Crippen LogP) is 1.37. The monoisotopic (exact) mass is 239 g/mol. The van der Waals surface area contributed by atoms with Crippen molar-refractivity contribution < 1.29 is 9.90 Å². The first-order valence-corrected chi connectivity index (χ1v) is 5.63. The third-order valence-electron chi connectivity index (χ3n) is 2.56. The Kier molecular flexibility index (Phi) is 3.19. The highest BCUT2D eigenvalue weighted by atomic mass is 32.1. The van der Waals surface area contributed by atoms with E-state index in [0.717, 1.165) is 31.7 Å². The van der Waals surface area contributed by atoms with Gasteiger partial charge in [0, 0.05) is 24.8 Å². The summed E-state index contributed by atoms with van der Waals surface area (Å²) in [6.45, 7) is 1.94. The summed E-state index contributed by atoms with van der Waals surface area (Å²) >= 11 is 4.99. The molecule has 0 unspecified atom stereocenters. The van der Waals surface area contributed by atoms with E-state index in [1.807, 2.05) is 0 Å². The van der Waals surface area contributed by atoms with Crippen molar-refractivity contribution >= 4 is 24.0 Å². The smallest absolute Gasteiger partial charge is 0.309 e. The lowest BCUT2D eigenvalue weighted by atomic mass is 10.3. The second-order valence-electron chi connectivity index (χ2n) is 3.83. The van der Waals surface area contributed by atoms with Gasteiger partial charge in [0.15, 0.2) is 4.77 Å². The Morgan fingerprint density at radius 3 is 2.88 bits per heavy atom. The van der Waals surface area contributed by atoms with Gasteiger partial charge < -0.3 is 15.0 Å². The van der Waals surface area contributed by atoms with Crippen LogP contribution in [0.4, 0.5) is 5.82 Å². The Balaban J connectivity index is 2.27. The molecular formula is C10H13N3O2S. The van der Waals surface area contributed by atoms with Gasteiger partial charge in [-0.25, -0.2) is 4.98 Å². The molecule has 86 valence electrons. The summed E-state index contributed by atoms with van der Waals surface area (Å²) in [6, 6.07) is 1.77. The highest BCUT2D eigenvalue weighted by molar-refractivity contribution is 7.71. The molecule has 0 atom stereocenters. The van der Waals surface area contributed by atoms with E-state index in [4.69, 9.17) is 17.3 Å². The van der Waals surface area contributed by atoms with Gasteiger partial charge in [0.1, 0.15) is 5.82 Å². The van der Waals surface area contributed by atoms with Gasteiger partial charge in [-0.15, -0.1) is 0 Å². The molecule has 2 rings (SSSR count). The van der Waals surface area contributed by atoms with Crippen molar-refractivity contribution in [3.05, 3.63) is 16.5 Å². The van der Waals surface area contributed by atoms with Crippen LogP contribution in [0.1, 0.15) is 18.5 Å². The largest absolute Gasteiger partial charge is 0.481 e. The molecule has 0 aliphatic carbocycles. The van der Waals surface area contributed by atoms with Crippen LogP contribution in [0.5, 0.6) is 0 Å². The van der Waals surface area contributed by atoms with Crippen molar-refractivity contribution in [3.8, 4) is 0 Å². The Labute approximate surface area is 98.1 Å². The topological polar surface area (TPSA) is 69.2 Å². The first-order chi connectivity index (χ1) is 7.65. The van der Waals surface area contributed by atoms with Gasteiger partial charge in [-0.1, -0.05) is 0 Å². The fourth-order valence-corrected chi connectivity index (χ4v) is 2.08. The van der Waals surface area contributed by atoms with Crippen molar-refractivity contribution in [1.29, 1.82) is 0 Å². The van der Waals surface area contributed by atoms with Gasteiger partial charge in [0.2, 0.25) is 0 Å². The molecular weight excluding hydrogens is 226 g/mol. The number of aromatic nitrogens is 2. The van der Waals surface area contributed by atoms with Crippen molar-refractivity contribution in [2.24, 2.45) is 0 Å². The van der Waals surface area contributed by atoms with E-state index in [0.29, 0.717) is 10.5 Å². The fraction of sp³-hybridized carbons (Fsp3) is 0.500. The second-order valence-corrected chi connectivity index (χ2v) is 4.22. The molecule has 0 amide bonds. The van der Waals surface area contributed by atoms with Gasteiger partial charge >= 0.3 is 5.97 Å². The minimum absolute atomic E-state index is 0.0486. The summed E-state index contributed by atoms with van der Waals surface area (Å²) in [5.74, 6) is -0.0817. The van der Waals surface area contributed by atoms with Gasteiger partial charge in [-0.3, -0.25) is 4.79 Å². The van der Waals surface area contributed by atoms with E-state index in [-0.39, 0.29) is 6.42 Å². The molecule has 0 aromatic carbocycles. The quantitative estimate of drug-likeness (QED) is 0.780. The van der Waals surface area contributed by atoms with Crippen LogP contribution in [-0.4, -0.2) is 34.1 Å². The highest BCUT2D eigenvalue weighted by Gasteiger charge is 2.14. The van der Waals surface area contributed by atoms with Crippen LogP contribution >= 0.6 is 12.2 Å². The van der Waals surface area contributed by atoms with Crippen molar-refractivity contribution in [3.63, 3.8) is 0 Å². The zero-order valence-electron chi connectivity index (χ0n) is 8.77. The van der Waals surface area contributed by atoms with Crippen LogP contribution in [-0.2, 0) is 11.2 Å². The lowest BCUT2D eigenvalue weighted by Gasteiger charge is -2.16. The molecule has 6 heteroatoms. The maximum absolute atomic E-state index is 10.6. The van der Waals surface area contributed by atoms with Crippen LogP contribution in [0.2, 0.25) is 0 Å². The molecule has 1 aliphatic rings. The number of hydrogen-bond donors (Lipinski definition) is 2. The number of anilines is 1. The molecule has 1 saturated heterocycles. The maximum atomic E-state index is 10.6. The second kappa shape index (κ2) is 4.61. The third kappa shape index (κ3) is 2.57. The predicted molar refractivity (Wildman–Crippen MR) is 62.2 cm³/mol. The van der Waals surface area contributed by atoms with Gasteiger partial charge in [0.25, 0.3) is 0 Å². The summed E-state index contributed by atoms with van der Waals surface area (Å²) in [5, 5.41) is 8.73.